The first kappa shape index (κ1) is 30.5. The van der Waals surface area contributed by atoms with Gasteiger partial charge in [0.2, 0.25) is 0 Å². The van der Waals surface area contributed by atoms with E-state index in [1.807, 2.05) is 104 Å². The van der Waals surface area contributed by atoms with Gasteiger partial charge >= 0.3 is 0 Å². The molecule has 0 spiro atoms. The number of nitrogens with one attached hydrogen (secondary N) is 1. The van der Waals surface area contributed by atoms with Crippen molar-refractivity contribution in [1.29, 1.82) is 0 Å². The number of hydrogen-bond acceptors (Lipinski definition) is 5. The zero-order valence-electron chi connectivity index (χ0n) is 26.0. The third-order valence-electron chi connectivity index (χ3n) is 8.54. The van der Waals surface area contributed by atoms with Gasteiger partial charge < -0.3 is 14.6 Å². The highest BCUT2D eigenvalue weighted by Crippen LogP contribution is 2.32. The number of allylic oxidation sites excluding steroid dienone is 1. The first-order chi connectivity index (χ1) is 22.8. The van der Waals surface area contributed by atoms with Crippen LogP contribution in [0.3, 0.4) is 0 Å². The molecule has 0 aliphatic carbocycles. The number of ether oxygens (including phenoxy) is 1. The van der Waals surface area contributed by atoms with E-state index in [2.05, 4.69) is 28.9 Å². The Kier molecular flexibility index (Phi) is 8.14. The van der Waals surface area contributed by atoms with Crippen LogP contribution in [0.5, 0.6) is 5.75 Å². The average molecular weight is 659 g/mol. The van der Waals surface area contributed by atoms with Gasteiger partial charge in [-0.3, -0.25) is 14.2 Å². The van der Waals surface area contributed by atoms with Crippen molar-refractivity contribution in [3.05, 3.63) is 161 Å². The highest BCUT2D eigenvalue weighted by Gasteiger charge is 2.32. The molecule has 9 heteroatoms. The molecule has 7 rings (SSSR count). The number of carbonyl (C=O) groups excluding carboxylic acids is 1. The van der Waals surface area contributed by atoms with E-state index in [0.717, 1.165) is 33.3 Å². The number of nitrogens with zero attached hydrogens (tertiary/aromatic N) is 3. The van der Waals surface area contributed by atoms with Crippen molar-refractivity contribution in [2.24, 2.45) is 4.99 Å². The van der Waals surface area contributed by atoms with Crippen LogP contribution in [0.1, 0.15) is 35.3 Å². The maximum atomic E-state index is 14.4. The third-order valence-corrected chi connectivity index (χ3v) is 9.77. The Bertz CT molecular complexity index is 2350. The van der Waals surface area contributed by atoms with Gasteiger partial charge in [-0.15, -0.1) is 0 Å². The van der Waals surface area contributed by atoms with Crippen molar-refractivity contribution in [1.82, 2.24) is 9.13 Å². The molecular formula is C38H31ClN4O3S. The highest BCUT2D eigenvalue weighted by molar-refractivity contribution is 7.07. The summed E-state index contributed by atoms with van der Waals surface area (Å²) in [5.74, 6) is 0.372. The van der Waals surface area contributed by atoms with Gasteiger partial charge in [-0.25, -0.2) is 4.99 Å². The second kappa shape index (κ2) is 12.5. The number of carbonyl (C=O) groups is 1. The fourth-order valence-electron chi connectivity index (χ4n) is 6.18. The molecule has 47 heavy (non-hydrogen) atoms. The number of halogens is 1. The van der Waals surface area contributed by atoms with Gasteiger partial charge in [0.15, 0.2) is 4.80 Å². The van der Waals surface area contributed by atoms with Crippen LogP contribution in [0, 0.1) is 6.92 Å². The molecule has 1 N–H and O–H groups in total. The number of aromatic nitrogens is 2. The topological polar surface area (TPSA) is 77.6 Å². The molecule has 7 nitrogen and oxygen atoms in total. The molecule has 6 aromatic rings. The molecule has 0 saturated carbocycles. The number of fused-ring (bicyclic) bond motifs is 2. The van der Waals surface area contributed by atoms with Crippen molar-refractivity contribution in [2.45, 2.75) is 26.4 Å². The SMILES string of the molecule is COc1ccc([C@H]2C(C(=O)Nc3ccccc3)=C(C)N=c3s/c(=C/c4c(C)n(Cc5ccc(Cl)cc5)c5ccccc45)c(=O)n32)cc1. The Morgan fingerprint density at radius 2 is 1.66 bits per heavy atom. The highest BCUT2D eigenvalue weighted by atomic mass is 35.5. The molecule has 2 aromatic heterocycles. The fraction of sp³-hybridized carbons (Fsp3) is 0.132. The van der Waals surface area contributed by atoms with Crippen LogP contribution < -0.4 is 24.9 Å². The summed E-state index contributed by atoms with van der Waals surface area (Å²) in [6.45, 7) is 4.56. The van der Waals surface area contributed by atoms with E-state index >= 15 is 0 Å². The third kappa shape index (κ3) is 5.71. The lowest BCUT2D eigenvalue weighted by molar-refractivity contribution is -0.113. The number of hydrogen-bond donors (Lipinski definition) is 1. The monoisotopic (exact) mass is 658 g/mol. The number of anilines is 1. The van der Waals surface area contributed by atoms with E-state index in [-0.39, 0.29) is 11.5 Å². The molecule has 0 radical (unpaired) electrons. The van der Waals surface area contributed by atoms with Crippen molar-refractivity contribution in [3.8, 4) is 5.75 Å². The summed E-state index contributed by atoms with van der Waals surface area (Å²) < 4.78 is 9.84. The predicted octanol–water partition coefficient (Wildman–Crippen LogP) is 6.85. The molecule has 234 valence electrons. The van der Waals surface area contributed by atoms with Crippen LogP contribution in [0.4, 0.5) is 5.69 Å². The lowest BCUT2D eigenvalue weighted by Gasteiger charge is -2.25. The Hall–Kier alpha value is -5.18. The van der Waals surface area contributed by atoms with Crippen molar-refractivity contribution < 1.29 is 9.53 Å². The Morgan fingerprint density at radius 3 is 2.38 bits per heavy atom. The van der Waals surface area contributed by atoms with Gasteiger partial charge in [0.25, 0.3) is 11.5 Å². The van der Waals surface area contributed by atoms with Gasteiger partial charge in [0, 0.05) is 39.4 Å². The number of methoxy groups -OCH3 is 1. The van der Waals surface area contributed by atoms with Crippen molar-refractivity contribution in [3.63, 3.8) is 0 Å². The summed E-state index contributed by atoms with van der Waals surface area (Å²) in [6.07, 6.45) is 1.97. The Morgan fingerprint density at radius 1 is 0.957 bits per heavy atom. The van der Waals surface area contributed by atoms with E-state index in [9.17, 15) is 9.59 Å². The first-order valence-electron chi connectivity index (χ1n) is 15.2. The van der Waals surface area contributed by atoms with Crippen LogP contribution in [-0.2, 0) is 11.3 Å². The minimum atomic E-state index is -0.685. The minimum absolute atomic E-state index is 0.207. The van der Waals surface area contributed by atoms with Gasteiger partial charge in [-0.1, -0.05) is 83.6 Å². The molecule has 0 fully saturated rings. The summed E-state index contributed by atoms with van der Waals surface area (Å²) in [5.41, 5.74) is 6.41. The molecule has 1 aliphatic heterocycles. The first-order valence-corrected chi connectivity index (χ1v) is 16.4. The Labute approximate surface area is 280 Å². The average Bonchev–Trinajstić information content (AvgIpc) is 3.53. The second-order valence-electron chi connectivity index (χ2n) is 11.4. The molecule has 4 aromatic carbocycles. The van der Waals surface area contributed by atoms with Gasteiger partial charge in [-0.05, 0) is 73.5 Å². The molecule has 1 amide bonds. The summed E-state index contributed by atoms with van der Waals surface area (Å²) in [5, 5.41) is 4.75. The van der Waals surface area contributed by atoms with Gasteiger partial charge in [-0.2, -0.15) is 0 Å². The molecule has 1 aliphatic rings. The Balaban J connectivity index is 1.38. The summed E-state index contributed by atoms with van der Waals surface area (Å²) in [6, 6.07) is 32.1. The molecule has 1 atom stereocenters. The van der Waals surface area contributed by atoms with Crippen LogP contribution in [-0.4, -0.2) is 22.2 Å². The number of amides is 1. The number of rotatable bonds is 7. The van der Waals surface area contributed by atoms with Crippen LogP contribution in [0.2, 0.25) is 5.02 Å². The standard InChI is InChI=1S/C38H31ClN4O3S/c1-23-34(36(44)41-28-9-5-4-6-10-28)35(26-15-19-29(46-3)20-16-26)43-37(45)33(47-38(43)40-23)21-31-24(2)42(32-12-8-7-11-30(31)32)22-25-13-17-27(39)18-14-25/h4-21,35H,22H2,1-3H3,(H,41,44)/b33-21+/t35-/m0/s1. The normalized spacial score (nSPS) is 14.6. The summed E-state index contributed by atoms with van der Waals surface area (Å²) in [4.78, 5) is 33.7. The van der Waals surface area contributed by atoms with E-state index < -0.39 is 6.04 Å². The van der Waals surface area contributed by atoms with E-state index in [1.54, 1.807) is 11.7 Å². The fourth-order valence-corrected chi connectivity index (χ4v) is 7.33. The number of benzene rings is 4. The molecular weight excluding hydrogens is 628 g/mol. The second-order valence-corrected chi connectivity index (χ2v) is 12.8. The van der Waals surface area contributed by atoms with E-state index in [0.29, 0.717) is 43.6 Å². The van der Waals surface area contributed by atoms with E-state index in [1.165, 1.54) is 11.3 Å². The molecule has 0 saturated heterocycles. The number of para-hydroxylation sites is 2. The quantitative estimate of drug-likeness (QED) is 0.204. The number of thiazole rings is 1. The molecule has 3 heterocycles. The van der Waals surface area contributed by atoms with E-state index in [4.69, 9.17) is 21.3 Å². The molecule has 0 bridgehead atoms. The zero-order valence-corrected chi connectivity index (χ0v) is 27.6. The summed E-state index contributed by atoms with van der Waals surface area (Å²) in [7, 11) is 1.61. The minimum Gasteiger partial charge on any atom is -0.497 e. The predicted molar refractivity (Wildman–Crippen MR) is 189 cm³/mol. The smallest absolute Gasteiger partial charge is 0.271 e. The van der Waals surface area contributed by atoms with Crippen LogP contribution in [0.15, 0.2) is 124 Å². The molecule has 0 unspecified atom stereocenters. The van der Waals surface area contributed by atoms with Crippen molar-refractivity contribution in [2.75, 3.05) is 12.4 Å². The van der Waals surface area contributed by atoms with Gasteiger partial charge in [0.1, 0.15) is 5.75 Å². The lowest BCUT2D eigenvalue weighted by Crippen LogP contribution is -2.40. The maximum absolute atomic E-state index is 14.4. The maximum Gasteiger partial charge on any atom is 0.271 e. The van der Waals surface area contributed by atoms with Crippen LogP contribution >= 0.6 is 22.9 Å². The summed E-state index contributed by atoms with van der Waals surface area (Å²) >= 11 is 7.48. The van der Waals surface area contributed by atoms with Crippen molar-refractivity contribution >= 4 is 51.5 Å². The van der Waals surface area contributed by atoms with Gasteiger partial charge in [0.05, 0.1) is 29.0 Å². The lowest BCUT2D eigenvalue weighted by atomic mass is 9.95. The zero-order chi connectivity index (χ0) is 32.7. The largest absolute Gasteiger partial charge is 0.497 e. The van der Waals surface area contributed by atoms with Crippen LogP contribution in [0.25, 0.3) is 17.0 Å².